The van der Waals surface area contributed by atoms with Gasteiger partial charge in [0.1, 0.15) is 24.7 Å². The predicted octanol–water partition coefficient (Wildman–Crippen LogP) is 8.05. The molecule has 8 nitrogen and oxygen atoms in total. The van der Waals surface area contributed by atoms with Gasteiger partial charge in [-0.3, -0.25) is 0 Å². The zero-order valence-corrected chi connectivity index (χ0v) is 32.5. The van der Waals surface area contributed by atoms with E-state index >= 15 is 0 Å². The van der Waals surface area contributed by atoms with Gasteiger partial charge in [-0.15, -0.1) is 0 Å². The fourth-order valence-electron chi connectivity index (χ4n) is 7.33. The molecule has 1 aromatic heterocycles. The number of hydrogen-bond acceptors (Lipinski definition) is 8. The molecule has 0 radical (unpaired) electrons. The molecular weight excluding hydrogens is 665 g/mol. The Morgan fingerprint density at radius 1 is 0.585 bits per heavy atom. The highest BCUT2D eigenvalue weighted by atomic mass is 16.5. The van der Waals surface area contributed by atoms with E-state index in [9.17, 15) is 10.2 Å². The maximum atomic E-state index is 9.58. The Morgan fingerprint density at radius 2 is 1.02 bits per heavy atom. The fourth-order valence-corrected chi connectivity index (χ4v) is 7.33. The van der Waals surface area contributed by atoms with Gasteiger partial charge in [0.15, 0.2) is 0 Å². The van der Waals surface area contributed by atoms with Crippen LogP contribution < -0.4 is 9.47 Å². The number of benzene rings is 4. The van der Waals surface area contributed by atoms with E-state index in [2.05, 4.69) is 76.2 Å². The Morgan fingerprint density at radius 3 is 1.49 bits per heavy atom. The minimum atomic E-state index is -0.775. The second-order valence-electron chi connectivity index (χ2n) is 16.0. The van der Waals surface area contributed by atoms with E-state index in [4.69, 9.17) is 28.9 Å². The Balaban J connectivity index is 1.43. The molecule has 53 heavy (non-hydrogen) atoms. The van der Waals surface area contributed by atoms with Gasteiger partial charge in [0.05, 0.1) is 67.5 Å². The maximum absolute atomic E-state index is 9.58. The van der Waals surface area contributed by atoms with E-state index in [1.54, 1.807) is 0 Å². The Kier molecular flexibility index (Phi) is 11.3. The summed E-state index contributed by atoms with van der Waals surface area (Å²) in [6.45, 7) is 19.0. The number of nitrogens with zero attached hydrogens (tertiary/aromatic N) is 2. The van der Waals surface area contributed by atoms with Crippen molar-refractivity contribution in [2.75, 3.05) is 52.9 Å². The first-order chi connectivity index (χ1) is 25.3. The van der Waals surface area contributed by atoms with Gasteiger partial charge in [-0.05, 0) is 78.8 Å². The number of aliphatic hydroxyl groups excluding tert-OH is 2. The van der Waals surface area contributed by atoms with Gasteiger partial charge in [0.2, 0.25) is 0 Å². The number of aliphatic hydroxyl groups is 2. The topological polar surface area (TPSA) is 103 Å². The third-order valence-electron chi connectivity index (χ3n) is 10.1. The summed E-state index contributed by atoms with van der Waals surface area (Å²) < 4.78 is 24.4. The molecule has 280 valence electrons. The van der Waals surface area contributed by atoms with Crippen molar-refractivity contribution in [1.29, 1.82) is 0 Å². The van der Waals surface area contributed by atoms with Crippen LogP contribution in [0.2, 0.25) is 0 Å². The largest absolute Gasteiger partial charge is 0.491 e. The summed E-state index contributed by atoms with van der Waals surface area (Å²) in [5.41, 5.74) is 10.6. The highest BCUT2D eigenvalue weighted by Crippen LogP contribution is 2.56. The van der Waals surface area contributed by atoms with Gasteiger partial charge in [-0.2, -0.15) is 0 Å². The highest BCUT2D eigenvalue weighted by molar-refractivity contribution is 5.88. The zero-order valence-electron chi connectivity index (χ0n) is 32.5. The molecule has 0 fully saturated rings. The minimum Gasteiger partial charge on any atom is -0.491 e. The van der Waals surface area contributed by atoms with E-state index in [0.29, 0.717) is 39.6 Å². The highest BCUT2D eigenvalue weighted by Gasteiger charge is 2.49. The van der Waals surface area contributed by atoms with Crippen LogP contribution in [0.4, 0.5) is 0 Å². The monoisotopic (exact) mass is 718 g/mol. The molecule has 6 rings (SSSR count). The van der Waals surface area contributed by atoms with Gasteiger partial charge in [0.25, 0.3) is 0 Å². The summed E-state index contributed by atoms with van der Waals surface area (Å²) in [4.78, 5) is 10.7. The van der Waals surface area contributed by atoms with Crippen molar-refractivity contribution >= 4 is 11.0 Å². The second kappa shape index (κ2) is 15.6. The van der Waals surface area contributed by atoms with Crippen molar-refractivity contribution in [3.63, 3.8) is 0 Å². The second-order valence-corrected chi connectivity index (χ2v) is 16.0. The van der Waals surface area contributed by atoms with Crippen LogP contribution in [0.5, 0.6) is 11.5 Å². The van der Waals surface area contributed by atoms with Crippen molar-refractivity contribution in [3.8, 4) is 22.8 Å². The number of hydrogen-bond donors (Lipinski definition) is 2. The molecule has 0 saturated carbocycles. The maximum Gasteiger partial charge on any atom is 0.125 e. The first-order valence-electron chi connectivity index (χ1n) is 18.5. The Bertz CT molecular complexity index is 1960. The molecule has 2 N–H and O–H groups in total. The van der Waals surface area contributed by atoms with Gasteiger partial charge >= 0.3 is 0 Å². The third kappa shape index (κ3) is 7.69. The van der Waals surface area contributed by atoms with Crippen LogP contribution in [0.25, 0.3) is 22.3 Å². The van der Waals surface area contributed by atoms with Crippen molar-refractivity contribution in [2.45, 2.75) is 60.8 Å². The van der Waals surface area contributed by atoms with Crippen molar-refractivity contribution in [1.82, 2.24) is 9.97 Å². The molecule has 1 aliphatic carbocycles. The lowest BCUT2D eigenvalue weighted by Crippen LogP contribution is -2.30. The smallest absolute Gasteiger partial charge is 0.125 e. The first-order valence-corrected chi connectivity index (χ1v) is 18.5. The molecule has 0 aliphatic heterocycles. The SMILES string of the molecule is Cc1cc(C2(c3cc(C)c(OCCOCC(C)(C)CO)c(C)c3)c3ccccc3-c3nc4ccccc4nc32)cc(C)c1OCCOCC(C)(C)CO. The van der Waals surface area contributed by atoms with Crippen LogP contribution in [0.15, 0.2) is 72.8 Å². The third-order valence-corrected chi connectivity index (χ3v) is 10.1. The molecule has 8 heteroatoms. The number of aromatic nitrogens is 2. The van der Waals surface area contributed by atoms with Gasteiger partial charge in [-0.1, -0.05) is 88.4 Å². The number of ether oxygens (including phenoxy) is 4. The fraction of sp³-hybridized carbons (Fsp3) is 0.422. The minimum absolute atomic E-state index is 0.0657. The van der Waals surface area contributed by atoms with E-state index in [-0.39, 0.29) is 24.0 Å². The molecule has 0 bridgehead atoms. The van der Waals surface area contributed by atoms with Crippen LogP contribution in [-0.4, -0.2) is 73.0 Å². The summed E-state index contributed by atoms with van der Waals surface area (Å²) in [5, 5.41) is 19.2. The molecule has 5 aromatic rings. The lowest BCUT2D eigenvalue weighted by atomic mass is 9.68. The van der Waals surface area contributed by atoms with E-state index in [1.807, 2.05) is 52.0 Å². The quantitative estimate of drug-likeness (QED) is 0.0970. The molecule has 1 heterocycles. The average Bonchev–Trinajstić information content (AvgIpc) is 3.42. The first kappa shape index (κ1) is 38.4. The van der Waals surface area contributed by atoms with E-state index < -0.39 is 5.41 Å². The van der Waals surface area contributed by atoms with Crippen molar-refractivity contribution in [3.05, 3.63) is 117 Å². The summed E-state index contributed by atoms with van der Waals surface area (Å²) >= 11 is 0. The lowest BCUT2D eigenvalue weighted by Gasteiger charge is -2.34. The van der Waals surface area contributed by atoms with Gasteiger partial charge in [-0.25, -0.2) is 9.97 Å². The summed E-state index contributed by atoms with van der Waals surface area (Å²) in [5.74, 6) is 1.68. The van der Waals surface area contributed by atoms with Crippen LogP contribution in [-0.2, 0) is 14.9 Å². The average molecular weight is 719 g/mol. The van der Waals surface area contributed by atoms with Crippen LogP contribution >= 0.6 is 0 Å². The molecular formula is C45H54N2O6. The normalized spacial score (nSPS) is 13.6. The van der Waals surface area contributed by atoms with Crippen molar-refractivity contribution < 1.29 is 29.2 Å². The lowest BCUT2D eigenvalue weighted by molar-refractivity contribution is 0.0165. The number of rotatable bonds is 16. The Hall–Kier alpha value is -4.34. The van der Waals surface area contributed by atoms with E-state index in [0.717, 1.165) is 78.4 Å². The number of para-hydroxylation sites is 2. The predicted molar refractivity (Wildman–Crippen MR) is 210 cm³/mol. The molecule has 0 atom stereocenters. The van der Waals surface area contributed by atoms with Crippen LogP contribution in [0, 0.1) is 38.5 Å². The number of aryl methyl sites for hydroxylation is 4. The van der Waals surface area contributed by atoms with E-state index in [1.165, 1.54) is 0 Å². The molecule has 0 spiro atoms. The molecule has 1 aliphatic rings. The molecule has 0 amide bonds. The summed E-state index contributed by atoms with van der Waals surface area (Å²) in [6.07, 6.45) is 0. The summed E-state index contributed by atoms with van der Waals surface area (Å²) in [6, 6.07) is 25.6. The number of fused-ring (bicyclic) bond motifs is 4. The molecule has 0 unspecified atom stereocenters. The van der Waals surface area contributed by atoms with Crippen LogP contribution in [0.1, 0.15) is 72.3 Å². The Labute approximate surface area is 314 Å². The standard InChI is InChI=1S/C45H54N2O6/c1-29-21-33(22-30(2)40(29)52-19-17-50-27-43(5,6)25-48)45(34-23-31(3)41(32(4)24-34)53-20-18-51-28-44(7,8)26-49)36-14-10-9-13-35(36)39-42(45)47-38-16-12-11-15-37(38)46-39/h9-16,21-24,48-49H,17-20,25-28H2,1-8H3. The van der Waals surface area contributed by atoms with Crippen molar-refractivity contribution in [2.24, 2.45) is 10.8 Å². The zero-order chi connectivity index (χ0) is 38.0. The summed E-state index contributed by atoms with van der Waals surface area (Å²) in [7, 11) is 0. The van der Waals surface area contributed by atoms with Crippen LogP contribution in [0.3, 0.4) is 0 Å². The molecule has 0 saturated heterocycles. The van der Waals surface area contributed by atoms with Gasteiger partial charge < -0.3 is 29.2 Å². The van der Waals surface area contributed by atoms with Gasteiger partial charge in [0, 0.05) is 16.4 Å². The molecule has 4 aromatic carbocycles.